The lowest BCUT2D eigenvalue weighted by Crippen LogP contribution is -2.05. The summed E-state index contributed by atoms with van der Waals surface area (Å²) in [5, 5.41) is 0. The van der Waals surface area contributed by atoms with E-state index in [1.54, 1.807) is 0 Å². The van der Waals surface area contributed by atoms with E-state index >= 15 is 0 Å². The summed E-state index contributed by atoms with van der Waals surface area (Å²) in [5.41, 5.74) is 2.11. The Morgan fingerprint density at radius 2 is 1.95 bits per heavy atom. The van der Waals surface area contributed by atoms with Crippen LogP contribution in [0.4, 0.5) is 8.78 Å². The molecule has 3 aromatic rings. The van der Waals surface area contributed by atoms with Crippen molar-refractivity contribution < 1.29 is 8.78 Å². The number of imidazole rings is 1. The molecule has 0 spiro atoms. The third-order valence-electron chi connectivity index (χ3n) is 3.25. The molecular formula is C15H10ClF2IN2. The predicted octanol–water partition coefficient (Wildman–Crippen LogP) is 4.71. The Morgan fingerprint density at radius 1 is 1.14 bits per heavy atom. The van der Waals surface area contributed by atoms with E-state index in [9.17, 15) is 8.78 Å². The monoisotopic (exact) mass is 418 g/mol. The number of halogens is 4. The lowest BCUT2D eigenvalue weighted by molar-refractivity contribution is 0.566. The maximum Gasteiger partial charge on any atom is 0.131 e. The van der Waals surface area contributed by atoms with Crippen molar-refractivity contribution in [3.63, 3.8) is 0 Å². The zero-order valence-electron chi connectivity index (χ0n) is 10.8. The van der Waals surface area contributed by atoms with Gasteiger partial charge in [0, 0.05) is 15.2 Å². The van der Waals surface area contributed by atoms with Gasteiger partial charge in [-0.15, -0.1) is 11.6 Å². The van der Waals surface area contributed by atoms with Gasteiger partial charge >= 0.3 is 0 Å². The zero-order valence-corrected chi connectivity index (χ0v) is 13.7. The molecule has 1 aromatic heterocycles. The van der Waals surface area contributed by atoms with Crippen molar-refractivity contribution in [2.24, 2.45) is 0 Å². The number of alkyl halides is 1. The van der Waals surface area contributed by atoms with E-state index in [0.717, 1.165) is 20.7 Å². The lowest BCUT2D eigenvalue weighted by atomic mass is 10.2. The van der Waals surface area contributed by atoms with Gasteiger partial charge in [0.25, 0.3) is 0 Å². The van der Waals surface area contributed by atoms with Gasteiger partial charge in [0.2, 0.25) is 0 Å². The summed E-state index contributed by atoms with van der Waals surface area (Å²) >= 11 is 8.15. The molecule has 0 N–H and O–H groups in total. The van der Waals surface area contributed by atoms with Crippen LogP contribution in [0, 0.1) is 15.2 Å². The fourth-order valence-corrected chi connectivity index (χ4v) is 2.93. The van der Waals surface area contributed by atoms with Crippen LogP contribution in [0.15, 0.2) is 36.4 Å². The highest BCUT2D eigenvalue weighted by Gasteiger charge is 2.13. The molecule has 0 aliphatic heterocycles. The largest absolute Gasteiger partial charge is 0.322 e. The average Bonchev–Trinajstić information content (AvgIpc) is 2.79. The summed E-state index contributed by atoms with van der Waals surface area (Å²) in [6.45, 7) is 0.269. The lowest BCUT2D eigenvalue weighted by Gasteiger charge is -2.09. The number of aromatic nitrogens is 2. The predicted molar refractivity (Wildman–Crippen MR) is 87.5 cm³/mol. The fraction of sp³-hybridized carbons (Fsp3) is 0.133. The van der Waals surface area contributed by atoms with Crippen LogP contribution >= 0.6 is 34.2 Å². The smallest absolute Gasteiger partial charge is 0.131 e. The molecule has 0 aliphatic rings. The minimum atomic E-state index is -0.584. The first-order valence-corrected chi connectivity index (χ1v) is 7.84. The second kappa shape index (κ2) is 5.88. The van der Waals surface area contributed by atoms with Gasteiger partial charge in [-0.25, -0.2) is 13.8 Å². The van der Waals surface area contributed by atoms with E-state index in [-0.39, 0.29) is 12.4 Å². The summed E-state index contributed by atoms with van der Waals surface area (Å²) in [7, 11) is 0. The van der Waals surface area contributed by atoms with Crippen LogP contribution in [-0.2, 0) is 12.4 Å². The van der Waals surface area contributed by atoms with Crippen molar-refractivity contribution in [1.82, 2.24) is 9.55 Å². The first-order valence-electron chi connectivity index (χ1n) is 6.23. The molecule has 108 valence electrons. The molecule has 0 radical (unpaired) electrons. The summed E-state index contributed by atoms with van der Waals surface area (Å²) in [4.78, 5) is 4.47. The standard InChI is InChI=1S/C15H10ClF2IN2/c16-7-15-20-13-6-11(19)3-4-14(13)21(15)8-9-1-2-10(17)5-12(9)18/h1-6H,7-8H2. The van der Waals surface area contributed by atoms with Crippen LogP contribution in [0.5, 0.6) is 0 Å². The Hall–Kier alpha value is -1.21. The molecule has 0 aliphatic carbocycles. The summed E-state index contributed by atoms with van der Waals surface area (Å²) < 4.78 is 29.7. The highest BCUT2D eigenvalue weighted by Crippen LogP contribution is 2.22. The maximum absolute atomic E-state index is 13.8. The van der Waals surface area contributed by atoms with Gasteiger partial charge in [0.05, 0.1) is 23.5 Å². The first-order chi connectivity index (χ1) is 10.1. The minimum Gasteiger partial charge on any atom is -0.322 e. The zero-order chi connectivity index (χ0) is 15.0. The van der Waals surface area contributed by atoms with Crippen molar-refractivity contribution in [1.29, 1.82) is 0 Å². The molecule has 0 amide bonds. The molecule has 6 heteroatoms. The quantitative estimate of drug-likeness (QED) is 0.445. The van der Waals surface area contributed by atoms with E-state index in [2.05, 4.69) is 27.6 Å². The van der Waals surface area contributed by atoms with Crippen LogP contribution in [-0.4, -0.2) is 9.55 Å². The first kappa shape index (κ1) is 14.7. The second-order valence-corrected chi connectivity index (χ2v) is 6.13. The van der Waals surface area contributed by atoms with E-state index in [4.69, 9.17) is 11.6 Å². The van der Waals surface area contributed by atoms with E-state index in [0.29, 0.717) is 11.4 Å². The molecule has 1 heterocycles. The van der Waals surface area contributed by atoms with Gasteiger partial charge in [-0.2, -0.15) is 0 Å². The van der Waals surface area contributed by atoms with Crippen molar-refractivity contribution in [3.05, 3.63) is 63.0 Å². The average molecular weight is 419 g/mol. The summed E-state index contributed by atoms with van der Waals surface area (Å²) in [6, 6.07) is 9.42. The van der Waals surface area contributed by atoms with Crippen LogP contribution in [0.1, 0.15) is 11.4 Å². The Labute approximate surface area is 138 Å². The number of hydrogen-bond donors (Lipinski definition) is 0. The summed E-state index contributed by atoms with van der Waals surface area (Å²) in [5.74, 6) is -0.257. The van der Waals surface area contributed by atoms with Crippen LogP contribution in [0.2, 0.25) is 0 Å². The second-order valence-electron chi connectivity index (χ2n) is 4.62. The van der Waals surface area contributed by atoms with Gasteiger partial charge in [0.1, 0.15) is 17.5 Å². The normalized spacial score (nSPS) is 11.2. The Balaban J connectivity index is 2.10. The van der Waals surface area contributed by atoms with Gasteiger partial charge < -0.3 is 4.57 Å². The maximum atomic E-state index is 13.8. The molecule has 3 rings (SSSR count). The van der Waals surface area contributed by atoms with Crippen molar-refractivity contribution in [3.8, 4) is 0 Å². The number of rotatable bonds is 3. The molecule has 2 nitrogen and oxygen atoms in total. The number of nitrogens with zero attached hydrogens (tertiary/aromatic N) is 2. The molecule has 2 aromatic carbocycles. The molecule has 0 saturated heterocycles. The molecular weight excluding hydrogens is 409 g/mol. The molecule has 0 fully saturated rings. The molecule has 0 atom stereocenters. The van der Waals surface area contributed by atoms with Crippen molar-refractivity contribution >= 4 is 45.2 Å². The minimum absolute atomic E-state index is 0.230. The Bertz CT molecular complexity index is 817. The SMILES string of the molecule is Fc1ccc(Cn2c(CCl)nc3cc(I)ccc32)c(F)c1. The Kier molecular flexibility index (Phi) is 4.12. The van der Waals surface area contributed by atoms with Crippen molar-refractivity contribution in [2.45, 2.75) is 12.4 Å². The van der Waals surface area contributed by atoms with Gasteiger partial charge in [-0.3, -0.25) is 0 Å². The van der Waals surface area contributed by atoms with Crippen LogP contribution in [0.3, 0.4) is 0 Å². The molecule has 0 bridgehead atoms. The third-order valence-corrected chi connectivity index (χ3v) is 4.16. The third kappa shape index (κ3) is 2.89. The highest BCUT2D eigenvalue weighted by atomic mass is 127. The van der Waals surface area contributed by atoms with Gasteiger partial charge in [-0.05, 0) is 46.9 Å². The number of benzene rings is 2. The fourth-order valence-electron chi connectivity index (χ4n) is 2.25. The van der Waals surface area contributed by atoms with E-state index in [1.165, 1.54) is 12.1 Å². The van der Waals surface area contributed by atoms with Gasteiger partial charge in [0.15, 0.2) is 0 Å². The number of hydrogen-bond acceptors (Lipinski definition) is 1. The van der Waals surface area contributed by atoms with E-state index < -0.39 is 11.6 Å². The van der Waals surface area contributed by atoms with Crippen molar-refractivity contribution in [2.75, 3.05) is 0 Å². The summed E-state index contributed by atoms with van der Waals surface area (Å²) in [6.07, 6.45) is 0. The Morgan fingerprint density at radius 3 is 2.67 bits per heavy atom. The van der Waals surface area contributed by atoms with Crippen LogP contribution < -0.4 is 0 Å². The van der Waals surface area contributed by atoms with Crippen LogP contribution in [0.25, 0.3) is 11.0 Å². The number of fused-ring (bicyclic) bond motifs is 1. The van der Waals surface area contributed by atoms with Gasteiger partial charge in [-0.1, -0.05) is 6.07 Å². The highest BCUT2D eigenvalue weighted by molar-refractivity contribution is 14.1. The molecule has 0 unspecified atom stereocenters. The topological polar surface area (TPSA) is 17.8 Å². The molecule has 21 heavy (non-hydrogen) atoms. The molecule has 0 saturated carbocycles. The van der Waals surface area contributed by atoms with E-state index in [1.807, 2.05) is 22.8 Å².